The van der Waals surface area contributed by atoms with Crippen molar-refractivity contribution in [2.75, 3.05) is 0 Å². The lowest BCUT2D eigenvalue weighted by atomic mass is 9.96. The predicted molar refractivity (Wildman–Crippen MR) is 90.4 cm³/mol. The molecule has 3 rings (SSSR count). The van der Waals surface area contributed by atoms with Crippen LogP contribution in [0.4, 0.5) is 0 Å². The van der Waals surface area contributed by atoms with Gasteiger partial charge in [0.1, 0.15) is 17.5 Å². The number of rotatable bonds is 5. The van der Waals surface area contributed by atoms with E-state index >= 15 is 0 Å². The van der Waals surface area contributed by atoms with Crippen molar-refractivity contribution in [3.8, 4) is 0 Å². The quantitative estimate of drug-likeness (QED) is 0.383. The van der Waals surface area contributed by atoms with Gasteiger partial charge in [-0.15, -0.1) is 23.1 Å². The summed E-state index contributed by atoms with van der Waals surface area (Å²) in [5.41, 5.74) is 0. The Morgan fingerprint density at radius 2 is 2.00 bits per heavy atom. The minimum absolute atomic E-state index is 0.372. The van der Waals surface area contributed by atoms with Crippen LogP contribution in [0.25, 0.3) is 0 Å². The molecular formula is C15H16N2O6S2. The second kappa shape index (κ2) is 6.03. The van der Waals surface area contributed by atoms with Crippen LogP contribution in [0.15, 0.2) is 17.5 Å². The van der Waals surface area contributed by atoms with E-state index < -0.39 is 51.9 Å². The fourth-order valence-corrected chi connectivity index (χ4v) is 5.64. The van der Waals surface area contributed by atoms with Crippen molar-refractivity contribution in [1.82, 2.24) is 10.2 Å². The molecule has 0 bridgehead atoms. The number of hydrogen-bond donors (Lipinski definition) is 3. The number of carboxylic acid groups (broad SMARTS) is 2. The second-order valence-corrected chi connectivity index (χ2v) is 9.12. The van der Waals surface area contributed by atoms with Gasteiger partial charge in [0.2, 0.25) is 11.8 Å². The molecule has 2 aliphatic heterocycles. The first kappa shape index (κ1) is 17.7. The van der Waals surface area contributed by atoms with Gasteiger partial charge in [-0.1, -0.05) is 6.07 Å². The molecule has 8 nitrogen and oxygen atoms in total. The van der Waals surface area contributed by atoms with Crippen LogP contribution in [0.2, 0.25) is 0 Å². The largest absolute Gasteiger partial charge is 0.480 e. The highest BCUT2D eigenvalue weighted by Gasteiger charge is 2.64. The molecular weight excluding hydrogens is 371 g/mol. The van der Waals surface area contributed by atoms with Crippen molar-refractivity contribution in [2.24, 2.45) is 0 Å². The van der Waals surface area contributed by atoms with Crippen LogP contribution in [0.5, 0.6) is 0 Å². The van der Waals surface area contributed by atoms with E-state index in [1.807, 2.05) is 0 Å². The smallest absolute Gasteiger partial charge is 0.327 e. The van der Waals surface area contributed by atoms with Crippen LogP contribution in [0.1, 0.15) is 24.6 Å². The molecule has 3 heterocycles. The third-order valence-corrected chi connectivity index (χ3v) is 6.82. The van der Waals surface area contributed by atoms with E-state index in [-0.39, 0.29) is 0 Å². The van der Waals surface area contributed by atoms with Crippen molar-refractivity contribution in [3.63, 3.8) is 0 Å². The second-order valence-electron chi connectivity index (χ2n) is 6.37. The zero-order chi connectivity index (χ0) is 18.5. The van der Waals surface area contributed by atoms with Crippen molar-refractivity contribution in [1.29, 1.82) is 0 Å². The molecule has 0 aromatic carbocycles. The average molecular weight is 387 g/mol. The Morgan fingerprint density at radius 1 is 1.32 bits per heavy atom. The Balaban J connectivity index is 1.77. The Morgan fingerprint density at radius 3 is 2.52 bits per heavy atom. The number of carboxylic acids is 2. The fourth-order valence-electron chi connectivity index (χ4n) is 3.20. The monoisotopic (exact) mass is 387 g/mol. The molecule has 0 spiro atoms. The summed E-state index contributed by atoms with van der Waals surface area (Å²) in [6.07, 6.45) is 0. The van der Waals surface area contributed by atoms with Crippen LogP contribution in [-0.2, 0) is 19.2 Å². The van der Waals surface area contributed by atoms with Crippen LogP contribution in [-0.4, -0.2) is 61.1 Å². The van der Waals surface area contributed by atoms with Crippen molar-refractivity contribution in [2.45, 2.75) is 42.0 Å². The summed E-state index contributed by atoms with van der Waals surface area (Å²) in [6, 6.07) is 1.30. The minimum Gasteiger partial charge on any atom is -0.480 e. The third kappa shape index (κ3) is 2.78. The van der Waals surface area contributed by atoms with Crippen LogP contribution in [0.3, 0.4) is 0 Å². The van der Waals surface area contributed by atoms with E-state index in [1.54, 1.807) is 31.4 Å². The molecule has 4 atom stereocenters. The Hall–Kier alpha value is -2.07. The van der Waals surface area contributed by atoms with Crippen LogP contribution < -0.4 is 5.32 Å². The summed E-state index contributed by atoms with van der Waals surface area (Å²) in [5, 5.41) is 22.4. The maximum Gasteiger partial charge on any atom is 0.327 e. The van der Waals surface area contributed by atoms with Gasteiger partial charge in [0.05, 0.1) is 0 Å². The normalized spacial score (nSPS) is 28.0. The minimum atomic E-state index is -1.39. The highest BCUT2D eigenvalue weighted by Crippen LogP contribution is 2.50. The summed E-state index contributed by atoms with van der Waals surface area (Å²) in [5.74, 6) is -5.06. The number of β-lactam (4-membered cyclic amide) rings is 1. The number of carbonyl (C=O) groups excluding carboxylic acids is 2. The number of fused-ring (bicyclic) bond motifs is 1. The molecule has 134 valence electrons. The van der Waals surface area contributed by atoms with E-state index in [2.05, 4.69) is 5.32 Å². The number of aliphatic carboxylic acids is 2. The van der Waals surface area contributed by atoms with E-state index in [0.717, 1.165) is 11.3 Å². The molecule has 1 aromatic heterocycles. The first-order valence-corrected chi connectivity index (χ1v) is 9.20. The molecule has 0 radical (unpaired) electrons. The molecule has 0 saturated carbocycles. The number of nitrogens with one attached hydrogen (secondary N) is 1. The lowest BCUT2D eigenvalue weighted by Gasteiger charge is -2.43. The Bertz CT molecular complexity index is 747. The van der Waals surface area contributed by atoms with E-state index in [9.17, 15) is 29.4 Å². The van der Waals surface area contributed by atoms with Crippen molar-refractivity contribution < 1.29 is 29.4 Å². The number of nitrogens with zero attached hydrogens (tertiary/aromatic N) is 1. The maximum atomic E-state index is 12.4. The molecule has 2 aliphatic rings. The van der Waals surface area contributed by atoms with Gasteiger partial charge >= 0.3 is 11.9 Å². The molecule has 1 aromatic rings. The number of carbonyl (C=O) groups is 4. The molecule has 2 saturated heterocycles. The summed E-state index contributed by atoms with van der Waals surface area (Å²) in [4.78, 5) is 49.3. The number of thiophene rings is 1. The van der Waals surface area contributed by atoms with Gasteiger partial charge in [0, 0.05) is 9.62 Å². The Kier molecular flexibility index (Phi) is 4.28. The summed E-state index contributed by atoms with van der Waals surface area (Å²) >= 11 is 2.43. The summed E-state index contributed by atoms with van der Waals surface area (Å²) < 4.78 is -0.703. The Labute approximate surface area is 151 Å². The highest BCUT2D eigenvalue weighted by atomic mass is 32.2. The molecule has 10 heteroatoms. The molecule has 0 aliphatic carbocycles. The molecule has 2 fully saturated rings. The highest BCUT2D eigenvalue weighted by molar-refractivity contribution is 8.01. The summed E-state index contributed by atoms with van der Waals surface area (Å²) in [6.45, 7) is 3.46. The maximum absolute atomic E-state index is 12.4. The zero-order valence-electron chi connectivity index (χ0n) is 13.3. The third-order valence-electron chi connectivity index (χ3n) is 4.31. The topological polar surface area (TPSA) is 124 Å². The number of hydrogen-bond acceptors (Lipinski definition) is 6. The first-order valence-electron chi connectivity index (χ1n) is 7.44. The molecule has 1 unspecified atom stereocenters. The van der Waals surface area contributed by atoms with Gasteiger partial charge < -0.3 is 20.4 Å². The number of thioether (sulfide) groups is 1. The van der Waals surface area contributed by atoms with E-state index in [0.29, 0.717) is 4.88 Å². The van der Waals surface area contributed by atoms with Gasteiger partial charge in [0.15, 0.2) is 5.92 Å². The predicted octanol–water partition coefficient (Wildman–Crippen LogP) is 0.548. The van der Waals surface area contributed by atoms with Crippen LogP contribution in [0, 0.1) is 0 Å². The van der Waals surface area contributed by atoms with Gasteiger partial charge in [-0.3, -0.25) is 14.4 Å². The molecule has 25 heavy (non-hydrogen) atoms. The van der Waals surface area contributed by atoms with Crippen LogP contribution >= 0.6 is 23.1 Å². The zero-order valence-corrected chi connectivity index (χ0v) is 15.0. The van der Waals surface area contributed by atoms with Crippen molar-refractivity contribution >= 4 is 46.9 Å². The van der Waals surface area contributed by atoms with Gasteiger partial charge in [-0.25, -0.2) is 4.79 Å². The first-order chi connectivity index (χ1) is 11.6. The molecule has 2 amide bonds. The van der Waals surface area contributed by atoms with Crippen molar-refractivity contribution in [3.05, 3.63) is 22.4 Å². The average Bonchev–Trinajstić information content (AvgIpc) is 3.09. The van der Waals surface area contributed by atoms with E-state index in [4.69, 9.17) is 0 Å². The lowest BCUT2D eigenvalue weighted by molar-refractivity contribution is -0.161. The SMILES string of the molecule is CC1(C)S[C@@H]2[C@H](N[13C](=O)[13CH](c3cccs3)[13C](=O)O)C(=O)N2[C@H]1C(=O)O. The van der Waals surface area contributed by atoms with Gasteiger partial charge in [0.25, 0.3) is 0 Å². The molecule has 3 N–H and O–H groups in total. The summed E-state index contributed by atoms with van der Waals surface area (Å²) in [7, 11) is 0. The van der Waals surface area contributed by atoms with E-state index in [1.165, 1.54) is 16.7 Å². The lowest BCUT2D eigenvalue weighted by Crippen LogP contribution is -2.71. The standard InChI is InChI=1S/C15H16N2O6S2/c1-15(2)9(14(22)23)17-11(19)8(12(17)25-15)16-10(18)7(13(20)21)6-4-3-5-24-6/h3-5,7-9,12H,1-2H3,(H,16,18)(H,20,21)(H,22,23)/t7?,8-,9+,12-/m1/s1/i7+1,10+1,13+1. The van der Waals surface area contributed by atoms with Gasteiger partial charge in [-0.05, 0) is 25.3 Å². The van der Waals surface area contributed by atoms with Gasteiger partial charge in [-0.2, -0.15) is 0 Å². The fraction of sp³-hybridized carbons (Fsp3) is 0.467. The number of amides is 2.